The highest BCUT2D eigenvalue weighted by Gasteiger charge is 2.25. The van der Waals surface area contributed by atoms with Gasteiger partial charge < -0.3 is 68.3 Å². The molecule has 0 aliphatic rings. The van der Waals surface area contributed by atoms with Gasteiger partial charge in [-0.25, -0.2) is 44.4 Å². The molecule has 706 valence electrons. The van der Waals surface area contributed by atoms with E-state index in [9.17, 15) is 20.4 Å². The van der Waals surface area contributed by atoms with Gasteiger partial charge >= 0.3 is 23.4 Å². The molecular weight excluding hydrogens is 1870 g/mol. The fourth-order valence-corrected chi connectivity index (χ4v) is 16.0. The number of rotatable bonds is 2. The van der Waals surface area contributed by atoms with Crippen molar-refractivity contribution in [2.24, 2.45) is 35.2 Å². The highest BCUT2D eigenvalue weighted by atomic mass is 79.9. The van der Waals surface area contributed by atoms with E-state index in [0.29, 0.717) is 56.4 Å². The molecule has 39 heteroatoms. The zero-order valence-corrected chi connectivity index (χ0v) is 72.7. The van der Waals surface area contributed by atoms with Crippen molar-refractivity contribution in [3.8, 4) is 0 Å². The van der Waals surface area contributed by atoms with Crippen LogP contribution in [0.5, 0.6) is 0 Å². The number of hydrogen-bond acceptors (Lipinski definition) is 19. The minimum Gasteiger partial charge on any atom is -0.629 e. The Morgan fingerprint density at radius 3 is 1.27 bits per heavy atom. The molecule has 141 heavy (non-hydrogen) atoms. The number of fused-ring (bicyclic) bond motifs is 24. The molecule has 0 aliphatic carbocycles. The van der Waals surface area contributed by atoms with E-state index in [2.05, 4.69) is 142 Å². The monoisotopic (exact) mass is 1960 g/mol. The Balaban J connectivity index is 0.000000195. The first kappa shape index (κ1) is 107. The van der Waals surface area contributed by atoms with Gasteiger partial charge in [0.05, 0.1) is 63.0 Å². The number of nitrogens with one attached hydrogen (secondary N) is 4. The maximum absolute atomic E-state index is 11.6. The summed E-state index contributed by atoms with van der Waals surface area (Å²) in [5.41, 5.74) is 14.9. The Labute approximate surface area is 821 Å². The Morgan fingerprint density at radius 1 is 0.397 bits per heavy atom. The number of nitrogens with zero attached hydrogens (tertiary/aromatic N) is 27. The van der Waals surface area contributed by atoms with Crippen molar-refractivity contribution in [1.29, 1.82) is 0 Å². The van der Waals surface area contributed by atoms with Gasteiger partial charge in [0, 0.05) is 179 Å². The molecule has 0 radical (unpaired) electrons. The van der Waals surface area contributed by atoms with Crippen molar-refractivity contribution >= 4 is 256 Å². The Kier molecular flexibility index (Phi) is 35.0. The second-order valence-corrected chi connectivity index (χ2v) is 30.3. The predicted molar refractivity (Wildman–Crippen MR) is 558 cm³/mol. The van der Waals surface area contributed by atoms with Crippen LogP contribution in [0.2, 0.25) is 5.02 Å². The molecule has 0 aromatic carbocycles. The van der Waals surface area contributed by atoms with Gasteiger partial charge in [0.25, 0.3) is 23.3 Å². The van der Waals surface area contributed by atoms with Crippen LogP contribution in [0.4, 0.5) is 40.7 Å². The van der Waals surface area contributed by atoms with Gasteiger partial charge in [-0.2, -0.15) is 24.0 Å². The van der Waals surface area contributed by atoms with Crippen molar-refractivity contribution in [2.75, 3.05) is 5.32 Å². The van der Waals surface area contributed by atoms with Crippen LogP contribution in [0.25, 0.3) is 205 Å². The average molecular weight is 1970 g/mol. The molecule has 0 fully saturated rings. The quantitative estimate of drug-likeness (QED) is 0.0308. The average Bonchev–Trinajstić information content (AvgIpc) is 1.60. The van der Waals surface area contributed by atoms with Crippen LogP contribution in [0.15, 0.2) is 237 Å². The van der Waals surface area contributed by atoms with Crippen LogP contribution in [0, 0.1) is 51.6 Å². The summed E-state index contributed by atoms with van der Waals surface area (Å²) in [5.74, 6) is 2.34. The lowest BCUT2D eigenvalue weighted by Crippen LogP contribution is -2.31. The normalized spacial score (nSPS) is 10.1. The summed E-state index contributed by atoms with van der Waals surface area (Å²) in [7, 11) is 9.46. The van der Waals surface area contributed by atoms with Gasteiger partial charge in [-0.1, -0.05) is 102 Å². The number of H-pyrrole nitrogens is 3. The first-order valence-corrected chi connectivity index (χ1v) is 40.6. The molecule has 24 rings (SSSR count). The molecule has 24 heterocycles. The summed E-state index contributed by atoms with van der Waals surface area (Å²) in [5, 5.41) is 50.0. The summed E-state index contributed by atoms with van der Waals surface area (Å²) in [4.78, 5) is 111. The highest BCUT2D eigenvalue weighted by molar-refractivity contribution is 9.10. The standard InChI is InChI=1S/C12H7BrN4.C12H8ClN4O.C12H9N4O2.2C12H8N4.C11H8N4O.C11H6N4.C11H9N3.CO2.8CH4/c1-14-11-4-8-9-3-7(13)5-16-12(9)17(2)10(8)6-15-11;1-14-10-5-7-9(6-17(10)18)16(2)12-11(7)8(13)3-4-15-12;1-13-11-6-9-8-4-3-5-15(17)12(8)14(2)10(9)7-16(11)18;2*1-13-11-6-9-8-4-3-5-14-12(8)16(2)10(9)7-15-11;16-6-14-10-4-8-7-2-1-3-12-11(7)15-9(8)5-13-10;1-12-10-5-8-7-3-2-4-13-11(7)15-9(8)6-14-10;1-7-5-9-8-3-2-4-12-11(8)14-10(9)6-13-7;2-1-3;;;;;;;;/h3-6H,2H3;3-6,18H,2H3;3-7,17H,2H3;2*3-7H,2H3;1-6H,(H,12,15)(H,13,14,16);2-6H,(H,13,15);2-6H,1H3,(H,12,14);;8*1H4/q;2*+1;;;;;;;;;;;;;;. The number of aryl methyl sites for hydroxylation is 6. The molecule has 0 saturated carbocycles. The van der Waals surface area contributed by atoms with Crippen LogP contribution >= 0.6 is 27.5 Å². The third-order valence-electron chi connectivity index (χ3n) is 21.5. The smallest absolute Gasteiger partial charge is 0.466 e. The van der Waals surface area contributed by atoms with Crippen LogP contribution in [-0.4, -0.2) is 126 Å². The Hall–Kier alpha value is -19.2. The Morgan fingerprint density at radius 2 is 0.787 bits per heavy atom. The number of hydrogen-bond donors (Lipinski definition) is 6. The molecule has 24 aromatic rings. The van der Waals surface area contributed by atoms with Crippen LogP contribution in [0.3, 0.4) is 0 Å². The van der Waals surface area contributed by atoms with E-state index in [1.54, 1.807) is 116 Å². The fraction of sp³-hybridized carbons (Fsp3) is 0.137. The fourth-order valence-electron chi connectivity index (χ4n) is 15.5. The maximum atomic E-state index is 11.6. The lowest BCUT2D eigenvalue weighted by molar-refractivity contribution is -0.891. The second kappa shape index (κ2) is 46.1. The number of halogens is 2. The van der Waals surface area contributed by atoms with E-state index in [1.165, 1.54) is 30.0 Å². The SMILES string of the molecule is C.C.C.C.C.C.C.C.Cc1cc2c(cn1)[nH]c1ncccc12.O=C=O.O=CNc1cc2c(cn1)[nH]c1ncccc12.[C-]#[N+]c1cc2c(cn1)[nH]c1ncccc12.[C-]#[N+]c1cc2c3c(Cl)ccnc3n(C)c2c[n+]1O.[C-]#[N+]c1cc2c3cc(Br)cnc3n(C)c2cn1.[C-]#[N+]c1cc2c3ccc[n+](O)c3n(C)c2c[n+]1[O-].[C-]#[N+]c1cc2c3cccnc3n(C)c2cn1.[C-]#[N+]c1cc2c3cccnc3n(C)c2cn1. The zero-order chi connectivity index (χ0) is 93.4. The molecule has 0 aliphatic heterocycles. The van der Waals surface area contributed by atoms with Gasteiger partial charge in [-0.3, -0.25) is 15.0 Å². The third-order valence-corrected chi connectivity index (χ3v) is 22.2. The third kappa shape index (κ3) is 20.9. The second-order valence-electron chi connectivity index (χ2n) is 29.0. The van der Waals surface area contributed by atoms with E-state index < -0.39 is 0 Å². The van der Waals surface area contributed by atoms with Gasteiger partial charge in [-0.15, -0.1) is 19.9 Å². The number of pyridine rings is 16. The first-order valence-electron chi connectivity index (χ1n) is 39.4. The Bertz CT molecular complexity index is 8990. The molecular formula is C102H95BrClN31O6+2. The zero-order valence-electron chi connectivity index (χ0n) is 70.4. The molecule has 0 spiro atoms. The lowest BCUT2D eigenvalue weighted by atomic mass is 10.2. The van der Waals surface area contributed by atoms with Crippen LogP contribution in [0.1, 0.15) is 65.1 Å². The number of anilines is 1. The number of aromatic amines is 3. The van der Waals surface area contributed by atoms with Crippen molar-refractivity contribution < 1.29 is 39.0 Å². The summed E-state index contributed by atoms with van der Waals surface area (Å²) in [6.45, 7) is 43.8. The van der Waals surface area contributed by atoms with Gasteiger partial charge in [0.2, 0.25) is 18.8 Å². The predicted octanol–water partition coefficient (Wildman–Crippen LogP) is 23.5. The maximum Gasteiger partial charge on any atom is 0.466 e. The van der Waals surface area contributed by atoms with Crippen molar-refractivity contribution in [3.05, 3.63) is 322 Å². The molecule has 6 N–H and O–H groups in total. The lowest BCUT2D eigenvalue weighted by Gasteiger charge is -1.97. The van der Waals surface area contributed by atoms with Crippen molar-refractivity contribution in [3.63, 3.8) is 0 Å². The molecule has 0 bridgehead atoms. The summed E-state index contributed by atoms with van der Waals surface area (Å²) >= 11 is 9.60. The van der Waals surface area contributed by atoms with E-state index in [4.69, 9.17) is 60.6 Å². The van der Waals surface area contributed by atoms with Gasteiger partial charge in [0.15, 0.2) is 5.52 Å². The number of aromatic nitrogens is 24. The van der Waals surface area contributed by atoms with Gasteiger partial charge in [0.1, 0.15) is 95.0 Å². The number of carbonyl (C=O) groups excluding carboxylic acids is 3. The molecule has 37 nitrogen and oxygen atoms in total. The summed E-state index contributed by atoms with van der Waals surface area (Å²) < 4.78 is 12.8. The van der Waals surface area contributed by atoms with E-state index in [1.807, 2.05) is 145 Å². The summed E-state index contributed by atoms with van der Waals surface area (Å²) in [6.07, 6.45) is 27.8. The van der Waals surface area contributed by atoms with Crippen LogP contribution < -0.4 is 19.5 Å². The molecule has 24 aromatic heterocycles. The first-order chi connectivity index (χ1) is 64.6. The van der Waals surface area contributed by atoms with Gasteiger partial charge in [-0.05, 0) is 144 Å². The largest absolute Gasteiger partial charge is 0.629 e. The van der Waals surface area contributed by atoms with E-state index in [-0.39, 0.29) is 77.2 Å². The molecule has 0 saturated heterocycles. The van der Waals surface area contributed by atoms with E-state index >= 15 is 0 Å². The topological polar surface area (TPSA) is 404 Å². The number of amides is 1. The minimum atomic E-state index is 0. The molecule has 0 atom stereocenters. The minimum absolute atomic E-state index is 0. The van der Waals surface area contributed by atoms with Crippen LogP contribution in [-0.2, 0) is 49.6 Å². The number of carbonyl (C=O) groups is 1. The van der Waals surface area contributed by atoms with E-state index in [0.717, 1.165) is 179 Å². The summed E-state index contributed by atoms with van der Waals surface area (Å²) in [6, 6.07) is 41.1. The highest BCUT2D eigenvalue weighted by Crippen LogP contribution is 2.37. The molecule has 1 amide bonds. The van der Waals surface area contributed by atoms with Crippen molar-refractivity contribution in [2.45, 2.75) is 66.3 Å². The van der Waals surface area contributed by atoms with Crippen molar-refractivity contribution in [1.82, 2.24) is 103 Å². The molecule has 0 unspecified atom stereocenters.